The number of piperazine rings is 1. The van der Waals surface area contributed by atoms with E-state index in [1.165, 1.54) is 11.1 Å². The van der Waals surface area contributed by atoms with E-state index in [0.717, 1.165) is 63.4 Å². The molecule has 1 fully saturated rings. The zero-order valence-electron chi connectivity index (χ0n) is 15.8. The molecule has 0 amide bonds. The highest BCUT2D eigenvalue weighted by atomic mass is 15.4. The smallest absolute Gasteiger partial charge is 0.227 e. The first-order valence-corrected chi connectivity index (χ1v) is 9.78. The number of hydrogen-bond donors (Lipinski definition) is 0. The van der Waals surface area contributed by atoms with Crippen molar-refractivity contribution in [2.24, 2.45) is 0 Å². The Hall–Kier alpha value is -3.22. The monoisotopic (exact) mass is 373 g/mol. The van der Waals surface area contributed by atoms with Gasteiger partial charge in [0, 0.05) is 57.9 Å². The van der Waals surface area contributed by atoms with Crippen LogP contribution in [0.2, 0.25) is 0 Å². The van der Waals surface area contributed by atoms with Crippen LogP contribution >= 0.6 is 0 Å². The minimum Gasteiger partial charge on any atom is -0.352 e. The van der Waals surface area contributed by atoms with Gasteiger partial charge in [0.2, 0.25) is 11.9 Å². The Balaban J connectivity index is 1.28. The second kappa shape index (κ2) is 7.42. The Bertz CT molecular complexity index is 938. The summed E-state index contributed by atoms with van der Waals surface area (Å²) in [7, 11) is 0. The van der Waals surface area contributed by atoms with Crippen LogP contribution < -0.4 is 14.7 Å². The highest BCUT2D eigenvalue weighted by Crippen LogP contribution is 2.24. The van der Waals surface area contributed by atoms with Crippen molar-refractivity contribution < 1.29 is 0 Å². The second-order valence-corrected chi connectivity index (χ2v) is 7.18. The third-order valence-corrected chi connectivity index (χ3v) is 5.48. The molecular formula is C21H23N7. The molecule has 0 bridgehead atoms. The van der Waals surface area contributed by atoms with Gasteiger partial charge in [-0.15, -0.1) is 0 Å². The number of aromatic nitrogens is 4. The van der Waals surface area contributed by atoms with Crippen molar-refractivity contribution >= 4 is 17.7 Å². The molecule has 142 valence electrons. The minimum absolute atomic E-state index is 0.795. The molecule has 0 N–H and O–H groups in total. The van der Waals surface area contributed by atoms with E-state index in [0.29, 0.717) is 0 Å². The van der Waals surface area contributed by atoms with Crippen LogP contribution in [-0.2, 0) is 13.0 Å². The molecule has 1 saturated heterocycles. The second-order valence-electron chi connectivity index (χ2n) is 7.18. The van der Waals surface area contributed by atoms with Gasteiger partial charge < -0.3 is 14.7 Å². The van der Waals surface area contributed by atoms with Gasteiger partial charge in [-0.3, -0.25) is 0 Å². The highest BCUT2D eigenvalue weighted by molar-refractivity contribution is 5.48. The molecule has 3 aromatic rings. The predicted octanol–water partition coefficient (Wildman–Crippen LogP) is 2.16. The van der Waals surface area contributed by atoms with Crippen molar-refractivity contribution in [1.29, 1.82) is 0 Å². The fraction of sp³-hybridized carbons (Fsp3) is 0.333. The molecule has 0 radical (unpaired) electrons. The van der Waals surface area contributed by atoms with Crippen LogP contribution in [0.15, 0.2) is 55.0 Å². The van der Waals surface area contributed by atoms with E-state index in [2.05, 4.69) is 53.9 Å². The number of nitrogens with zero attached hydrogens (tertiary/aromatic N) is 7. The topological polar surface area (TPSA) is 61.3 Å². The van der Waals surface area contributed by atoms with Crippen molar-refractivity contribution in [3.05, 3.63) is 66.1 Å². The van der Waals surface area contributed by atoms with Crippen molar-refractivity contribution in [1.82, 2.24) is 19.9 Å². The molecule has 0 aliphatic carbocycles. The normalized spacial score (nSPS) is 16.8. The van der Waals surface area contributed by atoms with Crippen molar-refractivity contribution in [2.75, 3.05) is 47.4 Å². The summed E-state index contributed by atoms with van der Waals surface area (Å²) in [4.78, 5) is 24.9. The zero-order valence-corrected chi connectivity index (χ0v) is 15.8. The van der Waals surface area contributed by atoms with Gasteiger partial charge in [-0.2, -0.15) is 4.98 Å². The van der Waals surface area contributed by atoms with Gasteiger partial charge in [0.15, 0.2) is 0 Å². The van der Waals surface area contributed by atoms with E-state index in [1.807, 2.05) is 18.3 Å². The van der Waals surface area contributed by atoms with E-state index < -0.39 is 0 Å². The predicted molar refractivity (Wildman–Crippen MR) is 110 cm³/mol. The number of rotatable bonds is 3. The summed E-state index contributed by atoms with van der Waals surface area (Å²) < 4.78 is 0. The van der Waals surface area contributed by atoms with Gasteiger partial charge in [-0.1, -0.05) is 24.3 Å². The lowest BCUT2D eigenvalue weighted by atomic mass is 10.00. The fourth-order valence-corrected chi connectivity index (χ4v) is 3.92. The number of hydrogen-bond acceptors (Lipinski definition) is 7. The Morgan fingerprint density at radius 3 is 2.07 bits per heavy atom. The van der Waals surface area contributed by atoms with Gasteiger partial charge in [0.1, 0.15) is 5.82 Å². The summed E-state index contributed by atoms with van der Waals surface area (Å²) in [5.74, 6) is 2.61. The fourth-order valence-electron chi connectivity index (χ4n) is 3.92. The maximum absolute atomic E-state index is 4.88. The van der Waals surface area contributed by atoms with E-state index >= 15 is 0 Å². The van der Waals surface area contributed by atoms with Crippen molar-refractivity contribution in [2.45, 2.75) is 13.0 Å². The van der Waals surface area contributed by atoms with Gasteiger partial charge >= 0.3 is 0 Å². The molecular weight excluding hydrogens is 350 g/mol. The third kappa shape index (κ3) is 3.35. The average molecular weight is 373 g/mol. The lowest BCUT2D eigenvalue weighted by molar-refractivity contribution is 0.626. The molecule has 28 heavy (non-hydrogen) atoms. The first-order valence-electron chi connectivity index (χ1n) is 9.78. The van der Waals surface area contributed by atoms with Gasteiger partial charge in [0.05, 0.1) is 0 Å². The first kappa shape index (κ1) is 16.9. The van der Waals surface area contributed by atoms with Crippen LogP contribution in [0, 0.1) is 0 Å². The SMILES string of the molecule is c1cnc(N2CCN(c3nccc(N4CCc5ccccc5C4)n3)CC2)nc1. The molecule has 7 nitrogen and oxygen atoms in total. The molecule has 4 heterocycles. The van der Waals surface area contributed by atoms with Gasteiger partial charge in [0.25, 0.3) is 0 Å². The Kier molecular flexibility index (Phi) is 4.48. The Morgan fingerprint density at radius 2 is 1.29 bits per heavy atom. The first-order chi connectivity index (χ1) is 13.9. The van der Waals surface area contributed by atoms with Gasteiger partial charge in [-0.25, -0.2) is 15.0 Å². The lowest BCUT2D eigenvalue weighted by Crippen LogP contribution is -2.47. The maximum Gasteiger partial charge on any atom is 0.227 e. The van der Waals surface area contributed by atoms with Crippen molar-refractivity contribution in [3.8, 4) is 0 Å². The highest BCUT2D eigenvalue weighted by Gasteiger charge is 2.22. The van der Waals surface area contributed by atoms with E-state index in [-0.39, 0.29) is 0 Å². The average Bonchev–Trinajstić information content (AvgIpc) is 2.79. The molecule has 0 unspecified atom stereocenters. The molecule has 7 heteroatoms. The number of fused-ring (bicyclic) bond motifs is 1. The van der Waals surface area contributed by atoms with Crippen LogP contribution in [0.1, 0.15) is 11.1 Å². The summed E-state index contributed by atoms with van der Waals surface area (Å²) in [6, 6.07) is 12.5. The van der Waals surface area contributed by atoms with Crippen LogP contribution in [-0.4, -0.2) is 52.7 Å². The molecule has 2 aromatic heterocycles. The molecule has 5 rings (SSSR count). The maximum atomic E-state index is 4.88. The van der Waals surface area contributed by atoms with E-state index in [4.69, 9.17) is 4.98 Å². The van der Waals surface area contributed by atoms with Crippen LogP contribution in [0.5, 0.6) is 0 Å². The molecule has 0 spiro atoms. The van der Waals surface area contributed by atoms with Crippen LogP contribution in [0.4, 0.5) is 17.7 Å². The molecule has 2 aliphatic rings. The summed E-state index contributed by atoms with van der Waals surface area (Å²) in [5, 5.41) is 0. The lowest BCUT2D eigenvalue weighted by Gasteiger charge is -2.35. The third-order valence-electron chi connectivity index (χ3n) is 5.48. The minimum atomic E-state index is 0.795. The quantitative estimate of drug-likeness (QED) is 0.697. The summed E-state index contributed by atoms with van der Waals surface area (Å²) in [5.41, 5.74) is 2.85. The summed E-state index contributed by atoms with van der Waals surface area (Å²) in [6.45, 7) is 5.37. The largest absolute Gasteiger partial charge is 0.352 e. The molecule has 1 aromatic carbocycles. The van der Waals surface area contributed by atoms with E-state index in [1.54, 1.807) is 12.4 Å². The molecule has 2 aliphatic heterocycles. The Labute approximate surface area is 164 Å². The van der Waals surface area contributed by atoms with Crippen molar-refractivity contribution in [3.63, 3.8) is 0 Å². The van der Waals surface area contributed by atoms with E-state index in [9.17, 15) is 0 Å². The van der Waals surface area contributed by atoms with Gasteiger partial charge in [-0.05, 0) is 29.7 Å². The summed E-state index contributed by atoms with van der Waals surface area (Å²) in [6.07, 6.45) is 6.52. The number of anilines is 3. The van der Waals surface area contributed by atoms with Crippen LogP contribution in [0.3, 0.4) is 0 Å². The molecule has 0 saturated carbocycles. The summed E-state index contributed by atoms with van der Waals surface area (Å²) >= 11 is 0. The molecule has 0 atom stereocenters. The zero-order chi connectivity index (χ0) is 18.8. The standard InChI is InChI=1S/C21H23N7/c1-2-5-18-16-28(11-7-17(18)4-1)19-6-10-24-21(25-19)27-14-12-26(13-15-27)20-22-8-3-9-23-20/h1-6,8-10H,7,11-16H2. The van der Waals surface area contributed by atoms with Crippen LogP contribution in [0.25, 0.3) is 0 Å². The Morgan fingerprint density at radius 1 is 0.607 bits per heavy atom. The number of benzene rings is 1.